The Hall–Kier alpha value is -1.34. The number of urea groups is 1. The van der Waals surface area contributed by atoms with Gasteiger partial charge in [0.1, 0.15) is 0 Å². The Balaban J connectivity index is 4.01. The van der Waals surface area contributed by atoms with Crippen molar-refractivity contribution in [2.75, 3.05) is 40.5 Å². The van der Waals surface area contributed by atoms with E-state index in [2.05, 4.69) is 5.32 Å². The van der Waals surface area contributed by atoms with Crippen molar-refractivity contribution < 1.29 is 24.2 Å². The topological polar surface area (TPSA) is 88.1 Å². The second-order valence-electron chi connectivity index (χ2n) is 4.93. The molecule has 7 heteroatoms. The monoisotopic (exact) mass is 304 g/mol. The van der Waals surface area contributed by atoms with Crippen LogP contribution in [0.4, 0.5) is 4.79 Å². The molecular formula is C14H28N2O5. The van der Waals surface area contributed by atoms with Gasteiger partial charge in [0.05, 0.1) is 19.3 Å². The number of nitrogens with one attached hydrogen (secondary N) is 1. The average Bonchev–Trinajstić information content (AvgIpc) is 2.43. The number of carboxylic acids is 1. The number of carboxylic acid groups (broad SMARTS) is 1. The lowest BCUT2D eigenvalue weighted by Crippen LogP contribution is -2.48. The van der Waals surface area contributed by atoms with E-state index < -0.39 is 5.97 Å². The molecular weight excluding hydrogens is 276 g/mol. The molecule has 0 aliphatic rings. The molecule has 0 aromatic carbocycles. The third-order valence-electron chi connectivity index (χ3n) is 3.08. The zero-order valence-electron chi connectivity index (χ0n) is 13.3. The summed E-state index contributed by atoms with van der Waals surface area (Å²) in [5, 5.41) is 11.4. The molecule has 0 radical (unpaired) electrons. The van der Waals surface area contributed by atoms with Crippen LogP contribution in [0.1, 0.15) is 32.6 Å². The van der Waals surface area contributed by atoms with Crippen LogP contribution in [-0.2, 0) is 14.3 Å². The summed E-state index contributed by atoms with van der Waals surface area (Å²) in [6.07, 6.45) is 2.38. The quantitative estimate of drug-likeness (QED) is 0.531. The molecule has 0 bridgehead atoms. The van der Waals surface area contributed by atoms with Crippen molar-refractivity contribution in [3.8, 4) is 0 Å². The number of ether oxygens (including phenoxy) is 2. The summed E-state index contributed by atoms with van der Waals surface area (Å²) in [4.78, 5) is 24.2. The summed E-state index contributed by atoms with van der Waals surface area (Å²) in [7, 11) is 3.20. The number of carbonyl (C=O) groups excluding carboxylic acids is 1. The van der Waals surface area contributed by atoms with Crippen LogP contribution in [0.2, 0.25) is 0 Å². The number of hydrogen-bond donors (Lipinski definition) is 2. The molecule has 1 atom stereocenters. The van der Waals surface area contributed by atoms with Crippen LogP contribution in [0.3, 0.4) is 0 Å². The number of hydrogen-bond acceptors (Lipinski definition) is 4. The lowest BCUT2D eigenvalue weighted by molar-refractivity contribution is -0.137. The van der Waals surface area contributed by atoms with Gasteiger partial charge >= 0.3 is 12.0 Å². The largest absolute Gasteiger partial charge is 0.481 e. The molecule has 7 nitrogen and oxygen atoms in total. The van der Waals surface area contributed by atoms with Crippen molar-refractivity contribution in [2.24, 2.45) is 0 Å². The van der Waals surface area contributed by atoms with Gasteiger partial charge in [-0.05, 0) is 19.8 Å². The molecule has 0 aliphatic carbocycles. The minimum atomic E-state index is -0.779. The molecule has 0 spiro atoms. The number of aliphatic carboxylic acids is 1. The Labute approximate surface area is 126 Å². The molecule has 0 aliphatic heterocycles. The number of amides is 2. The molecule has 0 aromatic heterocycles. The number of methoxy groups -OCH3 is 2. The van der Waals surface area contributed by atoms with Crippen molar-refractivity contribution in [3.05, 3.63) is 0 Å². The van der Waals surface area contributed by atoms with Crippen molar-refractivity contribution in [2.45, 2.75) is 38.6 Å². The van der Waals surface area contributed by atoms with Gasteiger partial charge in [-0.25, -0.2) is 4.79 Å². The first-order valence-corrected chi connectivity index (χ1v) is 7.27. The maximum atomic E-state index is 12.1. The molecule has 0 rings (SSSR count). The first kappa shape index (κ1) is 19.7. The molecule has 1 unspecified atom stereocenters. The molecule has 0 heterocycles. The summed E-state index contributed by atoms with van der Waals surface area (Å²) in [5.74, 6) is -0.779. The molecule has 2 N–H and O–H groups in total. The zero-order valence-corrected chi connectivity index (χ0v) is 13.3. The highest BCUT2D eigenvalue weighted by molar-refractivity contribution is 5.74. The Bertz CT molecular complexity index is 299. The van der Waals surface area contributed by atoms with E-state index in [1.165, 1.54) is 0 Å². The van der Waals surface area contributed by atoms with Crippen LogP contribution < -0.4 is 5.32 Å². The Morgan fingerprint density at radius 3 is 2.48 bits per heavy atom. The number of rotatable bonds is 12. The fraction of sp³-hybridized carbons (Fsp3) is 0.857. The third kappa shape index (κ3) is 10.1. The Kier molecular flexibility index (Phi) is 11.6. The van der Waals surface area contributed by atoms with Gasteiger partial charge in [0.25, 0.3) is 0 Å². The molecule has 21 heavy (non-hydrogen) atoms. The summed E-state index contributed by atoms with van der Waals surface area (Å²) in [5.41, 5.74) is 0. The van der Waals surface area contributed by atoms with E-state index in [1.807, 2.05) is 6.92 Å². The summed E-state index contributed by atoms with van der Waals surface area (Å²) >= 11 is 0. The number of carbonyl (C=O) groups is 2. The second kappa shape index (κ2) is 12.4. The van der Waals surface area contributed by atoms with Crippen molar-refractivity contribution in [1.29, 1.82) is 0 Å². The highest BCUT2D eigenvalue weighted by Crippen LogP contribution is 2.02. The lowest BCUT2D eigenvalue weighted by atomic mass is 10.2. The minimum absolute atomic E-state index is 0.0304. The maximum Gasteiger partial charge on any atom is 0.317 e. The van der Waals surface area contributed by atoms with Crippen LogP contribution in [0.25, 0.3) is 0 Å². The van der Waals surface area contributed by atoms with E-state index >= 15 is 0 Å². The van der Waals surface area contributed by atoms with Gasteiger partial charge in [-0.15, -0.1) is 0 Å². The fourth-order valence-electron chi connectivity index (χ4n) is 1.92. The fourth-order valence-corrected chi connectivity index (χ4v) is 1.92. The van der Waals surface area contributed by atoms with Gasteiger partial charge in [-0.2, -0.15) is 0 Å². The Morgan fingerprint density at radius 2 is 1.90 bits per heavy atom. The van der Waals surface area contributed by atoms with Crippen molar-refractivity contribution in [3.63, 3.8) is 0 Å². The van der Waals surface area contributed by atoms with E-state index in [-0.39, 0.29) is 18.5 Å². The smallest absolute Gasteiger partial charge is 0.317 e. The predicted molar refractivity (Wildman–Crippen MR) is 79.4 cm³/mol. The van der Waals surface area contributed by atoms with Gasteiger partial charge in [-0.3, -0.25) is 4.79 Å². The van der Waals surface area contributed by atoms with Crippen LogP contribution in [0.15, 0.2) is 0 Å². The van der Waals surface area contributed by atoms with Gasteiger partial charge in [0.2, 0.25) is 0 Å². The third-order valence-corrected chi connectivity index (χ3v) is 3.08. The van der Waals surface area contributed by atoms with Crippen LogP contribution >= 0.6 is 0 Å². The van der Waals surface area contributed by atoms with Crippen LogP contribution in [0, 0.1) is 0 Å². The highest BCUT2D eigenvalue weighted by atomic mass is 16.5. The van der Waals surface area contributed by atoms with E-state index in [9.17, 15) is 9.59 Å². The lowest BCUT2D eigenvalue weighted by Gasteiger charge is -2.28. The highest BCUT2D eigenvalue weighted by Gasteiger charge is 2.19. The molecule has 0 saturated heterocycles. The standard InChI is InChI=1S/C14H28N2O5/c1-12(11-21-3)16(9-10-20-2)14(19)15-8-6-4-5-7-13(17)18/h12H,4-11H2,1-3H3,(H,15,19)(H,17,18). The van der Waals surface area contributed by atoms with Gasteiger partial charge in [0, 0.05) is 33.7 Å². The summed E-state index contributed by atoms with van der Waals surface area (Å²) < 4.78 is 10.1. The first-order chi connectivity index (χ1) is 10.0. The maximum absolute atomic E-state index is 12.1. The van der Waals surface area contributed by atoms with Crippen LogP contribution in [0.5, 0.6) is 0 Å². The van der Waals surface area contributed by atoms with E-state index in [4.69, 9.17) is 14.6 Å². The number of unbranched alkanes of at least 4 members (excludes halogenated alkanes) is 2. The van der Waals surface area contributed by atoms with E-state index in [0.717, 1.165) is 12.8 Å². The van der Waals surface area contributed by atoms with Crippen molar-refractivity contribution >= 4 is 12.0 Å². The molecule has 0 aromatic rings. The molecule has 2 amide bonds. The first-order valence-electron chi connectivity index (χ1n) is 7.27. The van der Waals surface area contributed by atoms with Crippen LogP contribution in [-0.4, -0.2) is 68.6 Å². The Morgan fingerprint density at radius 1 is 1.19 bits per heavy atom. The molecule has 124 valence electrons. The second-order valence-corrected chi connectivity index (χ2v) is 4.93. The normalized spacial score (nSPS) is 12.0. The van der Waals surface area contributed by atoms with Gasteiger partial charge in [0.15, 0.2) is 0 Å². The van der Waals surface area contributed by atoms with Gasteiger partial charge < -0.3 is 24.8 Å². The SMILES string of the molecule is COCCN(C(=O)NCCCCCC(=O)O)C(C)COC. The predicted octanol–water partition coefficient (Wildman–Crippen LogP) is 1.32. The average molecular weight is 304 g/mol. The van der Waals surface area contributed by atoms with E-state index in [0.29, 0.717) is 32.7 Å². The molecule has 0 fully saturated rings. The summed E-state index contributed by atoms with van der Waals surface area (Å²) in [6, 6.07) is -0.174. The minimum Gasteiger partial charge on any atom is -0.481 e. The zero-order chi connectivity index (χ0) is 16.1. The van der Waals surface area contributed by atoms with Crippen molar-refractivity contribution in [1.82, 2.24) is 10.2 Å². The number of nitrogens with zero attached hydrogens (tertiary/aromatic N) is 1. The van der Waals surface area contributed by atoms with E-state index in [1.54, 1.807) is 19.1 Å². The van der Waals surface area contributed by atoms with Gasteiger partial charge in [-0.1, -0.05) is 6.42 Å². The molecule has 0 saturated carbocycles. The summed E-state index contributed by atoms with van der Waals surface area (Å²) in [6.45, 7) is 3.91.